The molecular formula is C15H18F3NO4. The lowest BCUT2D eigenvalue weighted by Gasteiger charge is -2.13. The fraction of sp³-hybridized carbons (Fsp3) is 0.467. The van der Waals surface area contributed by atoms with E-state index in [1.807, 2.05) is 0 Å². The number of nitrogens with one attached hydrogen (secondary N) is 1. The van der Waals surface area contributed by atoms with Crippen LogP contribution in [0.15, 0.2) is 24.3 Å². The molecular weight excluding hydrogens is 315 g/mol. The number of benzene rings is 1. The summed E-state index contributed by atoms with van der Waals surface area (Å²) in [5, 5.41) is 2.46. The van der Waals surface area contributed by atoms with Gasteiger partial charge >= 0.3 is 12.1 Å². The lowest BCUT2D eigenvalue weighted by atomic mass is 10.2. The maximum absolute atomic E-state index is 12.7. The van der Waals surface area contributed by atoms with E-state index in [1.165, 1.54) is 12.1 Å². The summed E-state index contributed by atoms with van der Waals surface area (Å²) < 4.78 is 47.8. The van der Waals surface area contributed by atoms with Crippen molar-refractivity contribution in [3.8, 4) is 5.75 Å². The van der Waals surface area contributed by atoms with Gasteiger partial charge in [0.25, 0.3) is 5.91 Å². The highest BCUT2D eigenvalue weighted by atomic mass is 19.4. The largest absolute Gasteiger partial charge is 0.483 e. The molecule has 0 saturated heterocycles. The van der Waals surface area contributed by atoms with Crippen LogP contribution in [0.25, 0.3) is 0 Å². The fourth-order valence-electron chi connectivity index (χ4n) is 1.71. The van der Waals surface area contributed by atoms with Crippen LogP contribution >= 0.6 is 0 Å². The third-order valence-corrected chi connectivity index (χ3v) is 2.74. The Kier molecular flexibility index (Phi) is 7.37. The van der Waals surface area contributed by atoms with Gasteiger partial charge in [-0.15, -0.1) is 0 Å². The minimum absolute atomic E-state index is 0.159. The van der Waals surface area contributed by atoms with Crippen molar-refractivity contribution in [2.24, 2.45) is 0 Å². The van der Waals surface area contributed by atoms with Gasteiger partial charge in [0.2, 0.25) is 0 Å². The van der Waals surface area contributed by atoms with Crippen LogP contribution in [-0.4, -0.2) is 31.6 Å². The Morgan fingerprint density at radius 3 is 2.57 bits per heavy atom. The number of esters is 1. The van der Waals surface area contributed by atoms with E-state index in [0.29, 0.717) is 6.42 Å². The zero-order valence-electron chi connectivity index (χ0n) is 12.6. The lowest BCUT2D eigenvalue weighted by Crippen LogP contribution is -2.30. The normalized spacial score (nSPS) is 11.0. The topological polar surface area (TPSA) is 64.6 Å². The second kappa shape index (κ2) is 9.02. The van der Waals surface area contributed by atoms with Crippen molar-refractivity contribution < 1.29 is 32.2 Å². The molecule has 0 aliphatic carbocycles. The minimum Gasteiger partial charge on any atom is -0.483 e. The number of hydrogen-bond donors (Lipinski definition) is 1. The van der Waals surface area contributed by atoms with Crippen LogP contribution in [-0.2, 0) is 20.5 Å². The van der Waals surface area contributed by atoms with Gasteiger partial charge in [-0.2, -0.15) is 13.2 Å². The number of hydrogen-bond acceptors (Lipinski definition) is 4. The Morgan fingerprint density at radius 2 is 1.91 bits per heavy atom. The first kappa shape index (κ1) is 18.8. The Hall–Kier alpha value is -2.25. The third kappa shape index (κ3) is 7.03. The smallest absolute Gasteiger partial charge is 0.419 e. The zero-order chi connectivity index (χ0) is 17.3. The molecule has 0 heterocycles. The van der Waals surface area contributed by atoms with E-state index in [2.05, 4.69) is 5.32 Å². The molecule has 0 fully saturated rings. The molecule has 0 aliphatic heterocycles. The Bertz CT molecular complexity index is 532. The molecule has 8 heteroatoms. The summed E-state index contributed by atoms with van der Waals surface area (Å²) >= 11 is 0. The highest BCUT2D eigenvalue weighted by Gasteiger charge is 2.34. The Balaban J connectivity index is 2.36. The Labute approximate surface area is 131 Å². The van der Waals surface area contributed by atoms with Crippen molar-refractivity contribution >= 4 is 11.9 Å². The molecule has 23 heavy (non-hydrogen) atoms. The molecule has 0 aromatic heterocycles. The van der Waals surface area contributed by atoms with Crippen LogP contribution < -0.4 is 10.1 Å². The van der Waals surface area contributed by atoms with Crippen LogP contribution in [0.2, 0.25) is 0 Å². The highest BCUT2D eigenvalue weighted by Crippen LogP contribution is 2.35. The summed E-state index contributed by atoms with van der Waals surface area (Å²) in [6.45, 7) is 1.65. The van der Waals surface area contributed by atoms with E-state index in [0.717, 1.165) is 12.1 Å². The molecule has 0 bridgehead atoms. The number of ether oxygens (including phenoxy) is 2. The average molecular weight is 333 g/mol. The minimum atomic E-state index is -4.55. The monoisotopic (exact) mass is 333 g/mol. The second-order valence-electron chi connectivity index (χ2n) is 4.54. The molecule has 1 N–H and O–H groups in total. The van der Waals surface area contributed by atoms with E-state index >= 15 is 0 Å². The maximum Gasteiger partial charge on any atom is 0.419 e. The van der Waals surface area contributed by atoms with Gasteiger partial charge in [-0.25, -0.2) is 0 Å². The number of carbonyl (C=O) groups is 2. The molecule has 0 atom stereocenters. The van der Waals surface area contributed by atoms with Crippen molar-refractivity contribution in [2.75, 3.05) is 19.8 Å². The van der Waals surface area contributed by atoms with Crippen molar-refractivity contribution in [3.05, 3.63) is 29.8 Å². The maximum atomic E-state index is 12.7. The average Bonchev–Trinajstić information content (AvgIpc) is 2.49. The van der Waals surface area contributed by atoms with Gasteiger partial charge in [0.05, 0.1) is 12.2 Å². The lowest BCUT2D eigenvalue weighted by molar-refractivity contribution is -0.143. The summed E-state index contributed by atoms with van der Waals surface area (Å²) in [6, 6.07) is 4.66. The molecule has 0 unspecified atom stereocenters. The van der Waals surface area contributed by atoms with E-state index in [9.17, 15) is 22.8 Å². The van der Waals surface area contributed by atoms with Gasteiger partial charge in [-0.05, 0) is 25.5 Å². The number of alkyl halides is 3. The molecule has 1 aromatic rings. The van der Waals surface area contributed by atoms with Gasteiger partial charge in [-0.1, -0.05) is 12.1 Å². The highest BCUT2D eigenvalue weighted by molar-refractivity contribution is 5.77. The van der Waals surface area contributed by atoms with E-state index in [1.54, 1.807) is 6.92 Å². The van der Waals surface area contributed by atoms with Crippen molar-refractivity contribution in [1.29, 1.82) is 0 Å². The van der Waals surface area contributed by atoms with Crippen molar-refractivity contribution in [1.82, 2.24) is 5.32 Å². The first-order chi connectivity index (χ1) is 10.8. The molecule has 0 saturated carbocycles. The van der Waals surface area contributed by atoms with Crippen molar-refractivity contribution in [2.45, 2.75) is 25.9 Å². The van der Waals surface area contributed by atoms with Crippen LogP contribution in [0.4, 0.5) is 13.2 Å². The van der Waals surface area contributed by atoms with Gasteiger partial charge in [0.1, 0.15) is 5.75 Å². The summed E-state index contributed by atoms with van der Waals surface area (Å²) in [4.78, 5) is 22.6. The predicted octanol–water partition coefficient (Wildman–Crippen LogP) is 2.54. The molecule has 128 valence electrons. The number of halogens is 3. The van der Waals surface area contributed by atoms with Gasteiger partial charge < -0.3 is 14.8 Å². The van der Waals surface area contributed by atoms with E-state index < -0.39 is 30.0 Å². The fourth-order valence-corrected chi connectivity index (χ4v) is 1.71. The summed E-state index contributed by atoms with van der Waals surface area (Å²) in [5.74, 6) is -1.33. The van der Waals surface area contributed by atoms with Crippen LogP contribution in [0, 0.1) is 0 Å². The van der Waals surface area contributed by atoms with Crippen LogP contribution in [0.1, 0.15) is 25.3 Å². The van der Waals surface area contributed by atoms with E-state index in [4.69, 9.17) is 9.47 Å². The molecule has 1 rings (SSSR count). The first-order valence-corrected chi connectivity index (χ1v) is 7.06. The zero-order valence-corrected chi connectivity index (χ0v) is 12.6. The van der Waals surface area contributed by atoms with Crippen LogP contribution in [0.5, 0.6) is 5.75 Å². The second-order valence-corrected chi connectivity index (χ2v) is 4.54. The van der Waals surface area contributed by atoms with Crippen LogP contribution in [0.3, 0.4) is 0 Å². The molecule has 0 spiro atoms. The van der Waals surface area contributed by atoms with Crippen molar-refractivity contribution in [3.63, 3.8) is 0 Å². The van der Waals surface area contributed by atoms with Gasteiger partial charge in [0, 0.05) is 13.0 Å². The molecule has 5 nitrogen and oxygen atoms in total. The molecule has 1 aromatic carbocycles. The molecule has 0 radical (unpaired) electrons. The SMILES string of the molecule is CCOC(=O)CCCNC(=O)COc1ccccc1C(F)(F)F. The number of para-hydroxylation sites is 1. The quantitative estimate of drug-likeness (QED) is 0.586. The number of rotatable bonds is 8. The summed E-state index contributed by atoms with van der Waals surface area (Å²) in [5.41, 5.74) is -0.935. The van der Waals surface area contributed by atoms with Gasteiger partial charge in [-0.3, -0.25) is 9.59 Å². The molecule has 0 aliphatic rings. The Morgan fingerprint density at radius 1 is 1.22 bits per heavy atom. The summed E-state index contributed by atoms with van der Waals surface area (Å²) in [6.07, 6.45) is -4.01. The molecule has 1 amide bonds. The summed E-state index contributed by atoms with van der Waals surface area (Å²) in [7, 11) is 0. The van der Waals surface area contributed by atoms with Gasteiger partial charge in [0.15, 0.2) is 6.61 Å². The van der Waals surface area contributed by atoms with E-state index in [-0.39, 0.29) is 25.5 Å². The third-order valence-electron chi connectivity index (χ3n) is 2.74. The predicted molar refractivity (Wildman–Crippen MR) is 75.8 cm³/mol. The number of amides is 1. The standard InChI is InChI=1S/C15H18F3NO4/c1-2-22-14(21)8-5-9-19-13(20)10-23-12-7-4-3-6-11(12)15(16,17)18/h3-4,6-7H,2,5,8-10H2,1H3,(H,19,20). The number of carbonyl (C=O) groups excluding carboxylic acids is 2. The first-order valence-electron chi connectivity index (χ1n) is 7.06.